The van der Waals surface area contributed by atoms with E-state index in [1.165, 1.54) is 55.3 Å². The molecule has 1 heterocycles. The van der Waals surface area contributed by atoms with Crippen LogP contribution in [-0.2, 0) is 6.54 Å². The van der Waals surface area contributed by atoms with Crippen molar-refractivity contribution in [2.45, 2.75) is 71.0 Å². The molecular weight excluding hydrogens is 256 g/mol. The Labute approximate surface area is 129 Å². The van der Waals surface area contributed by atoms with Crippen LogP contribution >= 0.6 is 0 Å². The van der Waals surface area contributed by atoms with Gasteiger partial charge in [0.1, 0.15) is 0 Å². The van der Waals surface area contributed by atoms with Gasteiger partial charge < -0.3 is 5.32 Å². The topological polar surface area (TPSA) is 15.3 Å². The highest BCUT2D eigenvalue weighted by molar-refractivity contribution is 5.30. The molecule has 1 aromatic rings. The molecule has 2 nitrogen and oxygen atoms in total. The van der Waals surface area contributed by atoms with E-state index in [1.54, 1.807) is 0 Å². The smallest absolute Gasteiger partial charge is 0.0309 e. The number of aryl methyl sites for hydroxylation is 2. The number of nitrogens with zero attached hydrogens (tertiary/aromatic N) is 1. The summed E-state index contributed by atoms with van der Waals surface area (Å²) >= 11 is 0. The van der Waals surface area contributed by atoms with Crippen LogP contribution in [-0.4, -0.2) is 29.6 Å². The monoisotopic (exact) mass is 286 g/mol. The zero-order valence-corrected chi connectivity index (χ0v) is 13.9. The molecule has 0 bridgehead atoms. The highest BCUT2D eigenvalue weighted by Gasteiger charge is 2.38. The van der Waals surface area contributed by atoms with Crippen molar-refractivity contribution in [2.24, 2.45) is 0 Å². The van der Waals surface area contributed by atoms with E-state index in [-0.39, 0.29) is 0 Å². The zero-order valence-electron chi connectivity index (χ0n) is 13.9. The van der Waals surface area contributed by atoms with Crippen LogP contribution in [0.25, 0.3) is 0 Å². The molecule has 2 heteroatoms. The molecule has 1 spiro atoms. The van der Waals surface area contributed by atoms with E-state index in [2.05, 4.69) is 49.2 Å². The van der Waals surface area contributed by atoms with Gasteiger partial charge in [-0.05, 0) is 44.7 Å². The standard InChI is InChI=1S/C19H30N2/c1-15-7-8-16(2)18(11-15)13-21-14-19(20-12-17(21)3)9-5-4-6-10-19/h7-8,11,17,20H,4-6,9-10,12-14H2,1-3H3. The minimum atomic E-state index is 0.405. The van der Waals surface area contributed by atoms with Crippen molar-refractivity contribution in [3.05, 3.63) is 34.9 Å². The number of piperazine rings is 1. The summed E-state index contributed by atoms with van der Waals surface area (Å²) in [7, 11) is 0. The summed E-state index contributed by atoms with van der Waals surface area (Å²) in [6, 6.07) is 7.51. The van der Waals surface area contributed by atoms with Crippen molar-refractivity contribution in [3.8, 4) is 0 Å². The van der Waals surface area contributed by atoms with Gasteiger partial charge in [-0.2, -0.15) is 0 Å². The Kier molecular flexibility index (Phi) is 4.37. The van der Waals surface area contributed by atoms with Crippen molar-refractivity contribution in [1.29, 1.82) is 0 Å². The normalized spacial score (nSPS) is 26.1. The Morgan fingerprint density at radius 2 is 1.95 bits per heavy atom. The van der Waals surface area contributed by atoms with Gasteiger partial charge in [-0.1, -0.05) is 43.0 Å². The molecule has 2 fully saturated rings. The quantitative estimate of drug-likeness (QED) is 0.889. The van der Waals surface area contributed by atoms with Gasteiger partial charge in [0.25, 0.3) is 0 Å². The van der Waals surface area contributed by atoms with Crippen LogP contribution in [0.15, 0.2) is 18.2 Å². The molecule has 3 rings (SSSR count). The Balaban J connectivity index is 1.75. The largest absolute Gasteiger partial charge is 0.308 e. The molecule has 1 aromatic carbocycles. The molecule has 2 aliphatic rings. The number of rotatable bonds is 2. The van der Waals surface area contributed by atoms with Crippen molar-refractivity contribution in [2.75, 3.05) is 13.1 Å². The molecule has 0 radical (unpaired) electrons. The number of benzene rings is 1. The van der Waals surface area contributed by atoms with Crippen LogP contribution < -0.4 is 5.32 Å². The third kappa shape index (κ3) is 3.32. The maximum absolute atomic E-state index is 3.88. The van der Waals surface area contributed by atoms with Gasteiger partial charge in [0.05, 0.1) is 0 Å². The molecule has 1 unspecified atom stereocenters. The summed E-state index contributed by atoms with van der Waals surface area (Å²) in [5, 5.41) is 3.88. The molecule has 1 saturated heterocycles. The Bertz CT molecular complexity index is 488. The lowest BCUT2D eigenvalue weighted by atomic mass is 9.79. The molecule has 21 heavy (non-hydrogen) atoms. The minimum Gasteiger partial charge on any atom is -0.308 e. The lowest BCUT2D eigenvalue weighted by Crippen LogP contribution is -2.63. The first-order chi connectivity index (χ1) is 10.1. The molecular formula is C19H30N2. The summed E-state index contributed by atoms with van der Waals surface area (Å²) in [5.41, 5.74) is 4.73. The number of hydrogen-bond donors (Lipinski definition) is 1. The fourth-order valence-electron chi connectivity index (χ4n) is 4.06. The molecule has 0 aromatic heterocycles. The molecule has 116 valence electrons. The summed E-state index contributed by atoms with van der Waals surface area (Å²) in [5.74, 6) is 0. The Morgan fingerprint density at radius 1 is 1.19 bits per heavy atom. The van der Waals surface area contributed by atoms with Crippen LogP contribution in [0.4, 0.5) is 0 Å². The number of hydrogen-bond acceptors (Lipinski definition) is 2. The highest BCUT2D eigenvalue weighted by Crippen LogP contribution is 2.32. The van der Waals surface area contributed by atoms with Gasteiger partial charge in [0.2, 0.25) is 0 Å². The van der Waals surface area contributed by atoms with E-state index in [0.717, 1.165) is 13.1 Å². The van der Waals surface area contributed by atoms with Crippen LogP contribution in [0.3, 0.4) is 0 Å². The van der Waals surface area contributed by atoms with Gasteiger partial charge in [-0.25, -0.2) is 0 Å². The molecule has 1 saturated carbocycles. The van der Waals surface area contributed by atoms with Crippen molar-refractivity contribution < 1.29 is 0 Å². The summed E-state index contributed by atoms with van der Waals surface area (Å²) in [6.45, 7) is 10.3. The van der Waals surface area contributed by atoms with Gasteiger partial charge >= 0.3 is 0 Å². The van der Waals surface area contributed by atoms with Crippen molar-refractivity contribution in [1.82, 2.24) is 10.2 Å². The average molecular weight is 286 g/mol. The second-order valence-electron chi connectivity index (χ2n) is 7.41. The van der Waals surface area contributed by atoms with Crippen LogP contribution in [0.2, 0.25) is 0 Å². The molecule has 0 amide bonds. The lowest BCUT2D eigenvalue weighted by molar-refractivity contribution is 0.0571. The summed E-state index contributed by atoms with van der Waals surface area (Å²) in [4.78, 5) is 2.71. The Morgan fingerprint density at radius 3 is 2.71 bits per heavy atom. The van der Waals surface area contributed by atoms with Crippen LogP contribution in [0, 0.1) is 13.8 Å². The second-order valence-corrected chi connectivity index (χ2v) is 7.41. The summed E-state index contributed by atoms with van der Waals surface area (Å²) in [6.07, 6.45) is 6.96. The molecule has 1 N–H and O–H groups in total. The van der Waals surface area contributed by atoms with E-state index in [9.17, 15) is 0 Å². The first-order valence-electron chi connectivity index (χ1n) is 8.63. The second kappa shape index (κ2) is 6.10. The van der Waals surface area contributed by atoms with Gasteiger partial charge in [-0.15, -0.1) is 0 Å². The third-order valence-electron chi connectivity index (χ3n) is 5.59. The minimum absolute atomic E-state index is 0.405. The lowest BCUT2D eigenvalue weighted by Gasteiger charge is -2.49. The molecule has 1 aliphatic carbocycles. The van der Waals surface area contributed by atoms with E-state index >= 15 is 0 Å². The van der Waals surface area contributed by atoms with Gasteiger partial charge in [0, 0.05) is 31.2 Å². The van der Waals surface area contributed by atoms with Crippen molar-refractivity contribution >= 4 is 0 Å². The maximum Gasteiger partial charge on any atom is 0.0309 e. The van der Waals surface area contributed by atoms with Gasteiger partial charge in [-0.3, -0.25) is 4.90 Å². The van der Waals surface area contributed by atoms with Crippen LogP contribution in [0.1, 0.15) is 55.7 Å². The predicted octanol–water partition coefficient (Wildman–Crippen LogP) is 3.80. The highest BCUT2D eigenvalue weighted by atomic mass is 15.2. The fraction of sp³-hybridized carbons (Fsp3) is 0.684. The first kappa shape index (κ1) is 15.1. The van der Waals surface area contributed by atoms with Crippen LogP contribution in [0.5, 0.6) is 0 Å². The van der Waals surface area contributed by atoms with Crippen molar-refractivity contribution in [3.63, 3.8) is 0 Å². The van der Waals surface area contributed by atoms with E-state index in [4.69, 9.17) is 0 Å². The maximum atomic E-state index is 3.88. The molecule has 1 atom stereocenters. The Hall–Kier alpha value is -0.860. The average Bonchev–Trinajstić information content (AvgIpc) is 2.48. The number of nitrogens with one attached hydrogen (secondary N) is 1. The SMILES string of the molecule is Cc1ccc(C)c(CN2CC3(CCCCC3)NCC2C)c1. The summed E-state index contributed by atoms with van der Waals surface area (Å²) < 4.78 is 0. The fourth-order valence-corrected chi connectivity index (χ4v) is 4.06. The molecule has 1 aliphatic heterocycles. The third-order valence-corrected chi connectivity index (χ3v) is 5.59. The van der Waals surface area contributed by atoms with E-state index < -0.39 is 0 Å². The first-order valence-corrected chi connectivity index (χ1v) is 8.63. The zero-order chi connectivity index (χ0) is 14.9. The predicted molar refractivity (Wildman–Crippen MR) is 89.6 cm³/mol. The van der Waals surface area contributed by atoms with E-state index in [1.807, 2.05) is 0 Å². The van der Waals surface area contributed by atoms with Gasteiger partial charge in [0.15, 0.2) is 0 Å². The van der Waals surface area contributed by atoms with E-state index in [0.29, 0.717) is 11.6 Å².